The molecule has 2 nitrogen and oxygen atoms in total. The van der Waals surface area contributed by atoms with E-state index in [-0.39, 0.29) is 11.8 Å². The van der Waals surface area contributed by atoms with Crippen LogP contribution in [-0.2, 0) is 6.42 Å². The van der Waals surface area contributed by atoms with E-state index in [0.29, 0.717) is 0 Å². The maximum atomic E-state index is 6.78. The van der Waals surface area contributed by atoms with Crippen LogP contribution in [0.4, 0.5) is 0 Å². The van der Waals surface area contributed by atoms with Gasteiger partial charge in [-0.15, -0.1) is 0 Å². The standard InChI is InChI=1S/C57H45NO/c1-39-49(32-33-53(44-24-13-5-14-25-44)58-57(39)45-26-15-6-16-27-45)50-28-17-29-54-56(50)51-31-30-40(35-55(51)59-54)34-52(43-22-11-4-12-23-43)48-37-46(41-18-7-2-8-19-41)36-47(38-48)42-20-9-3-10-21-42/h2-26,28-31,33,35-38,45,52H,27,32,34H2,1H3. The second-order valence-corrected chi connectivity index (χ2v) is 15.8. The fourth-order valence-corrected chi connectivity index (χ4v) is 9.06. The van der Waals surface area contributed by atoms with Crippen LogP contribution >= 0.6 is 0 Å². The second-order valence-electron chi connectivity index (χ2n) is 15.8. The van der Waals surface area contributed by atoms with Crippen molar-refractivity contribution in [1.82, 2.24) is 0 Å². The van der Waals surface area contributed by atoms with Crippen LogP contribution in [0.5, 0.6) is 0 Å². The Morgan fingerprint density at radius 3 is 1.92 bits per heavy atom. The van der Waals surface area contributed by atoms with Crippen molar-refractivity contribution < 1.29 is 4.42 Å². The number of nitrogens with zero attached hydrogens (tertiary/aromatic N) is 1. The average Bonchev–Trinajstić information content (AvgIpc) is 3.59. The lowest BCUT2D eigenvalue weighted by Gasteiger charge is -2.21. The molecule has 0 spiro atoms. The van der Waals surface area contributed by atoms with Crippen molar-refractivity contribution in [3.8, 4) is 22.3 Å². The number of hydrogen-bond acceptors (Lipinski definition) is 2. The lowest BCUT2D eigenvalue weighted by atomic mass is 9.83. The number of benzene rings is 7. The van der Waals surface area contributed by atoms with Crippen molar-refractivity contribution >= 4 is 38.9 Å². The molecule has 2 atom stereocenters. The van der Waals surface area contributed by atoms with Gasteiger partial charge in [-0.05, 0) is 106 Å². The van der Waals surface area contributed by atoms with Crippen LogP contribution in [0.25, 0.3) is 55.5 Å². The third-order valence-electron chi connectivity index (χ3n) is 12.1. The quantitative estimate of drug-likeness (QED) is 0.144. The van der Waals surface area contributed by atoms with Crippen LogP contribution in [0.3, 0.4) is 0 Å². The molecule has 0 radical (unpaired) electrons. The van der Waals surface area contributed by atoms with Gasteiger partial charge in [0.15, 0.2) is 0 Å². The molecule has 2 heterocycles. The SMILES string of the molecule is CC1=C(c2cccc3oc4cc(CC(c5ccccc5)c5cc(-c6ccccc6)cc(-c6ccccc6)c5)ccc4c23)CC=C(c2ccccc2)N=C1C1C=CC=CC1. The molecule has 1 aromatic heterocycles. The highest BCUT2D eigenvalue weighted by Crippen LogP contribution is 2.42. The Balaban J connectivity index is 1.06. The van der Waals surface area contributed by atoms with Gasteiger partial charge in [0.25, 0.3) is 0 Å². The van der Waals surface area contributed by atoms with Gasteiger partial charge in [-0.1, -0.05) is 188 Å². The van der Waals surface area contributed by atoms with Crippen LogP contribution < -0.4 is 0 Å². The van der Waals surface area contributed by atoms with Crippen LogP contribution in [0.1, 0.15) is 53.5 Å². The minimum Gasteiger partial charge on any atom is -0.456 e. The first-order chi connectivity index (χ1) is 29.2. The van der Waals surface area contributed by atoms with E-state index >= 15 is 0 Å². The van der Waals surface area contributed by atoms with Gasteiger partial charge in [0, 0.05) is 22.6 Å². The number of hydrogen-bond donors (Lipinski definition) is 0. The summed E-state index contributed by atoms with van der Waals surface area (Å²) < 4.78 is 6.78. The van der Waals surface area contributed by atoms with Gasteiger partial charge >= 0.3 is 0 Å². The molecule has 8 aromatic rings. The predicted octanol–water partition coefficient (Wildman–Crippen LogP) is 15.1. The van der Waals surface area contributed by atoms with Gasteiger partial charge in [0.05, 0.1) is 11.4 Å². The van der Waals surface area contributed by atoms with E-state index in [1.54, 1.807) is 0 Å². The Kier molecular flexibility index (Phi) is 9.90. The van der Waals surface area contributed by atoms with Crippen molar-refractivity contribution in [1.29, 1.82) is 0 Å². The molecule has 0 saturated carbocycles. The number of fused-ring (bicyclic) bond motifs is 3. The third kappa shape index (κ3) is 7.35. The zero-order chi connectivity index (χ0) is 39.5. The minimum absolute atomic E-state index is 0.130. The first-order valence-corrected chi connectivity index (χ1v) is 20.8. The molecule has 1 aliphatic carbocycles. The summed E-state index contributed by atoms with van der Waals surface area (Å²) in [4.78, 5) is 5.40. The molecule has 0 saturated heterocycles. The highest BCUT2D eigenvalue weighted by molar-refractivity contribution is 6.16. The highest BCUT2D eigenvalue weighted by atomic mass is 16.3. The summed E-state index contributed by atoms with van der Waals surface area (Å²) in [6.45, 7) is 2.26. The van der Waals surface area contributed by atoms with E-state index in [4.69, 9.17) is 9.41 Å². The molecule has 0 amide bonds. The topological polar surface area (TPSA) is 25.5 Å². The number of aliphatic imine (C=N–C) groups is 1. The fourth-order valence-electron chi connectivity index (χ4n) is 9.06. The van der Waals surface area contributed by atoms with Gasteiger partial charge in [-0.25, -0.2) is 0 Å². The minimum atomic E-state index is 0.130. The lowest BCUT2D eigenvalue weighted by Crippen LogP contribution is -2.15. The van der Waals surface area contributed by atoms with Gasteiger partial charge < -0.3 is 4.42 Å². The zero-order valence-corrected chi connectivity index (χ0v) is 33.3. The first-order valence-electron chi connectivity index (χ1n) is 20.8. The Morgan fingerprint density at radius 2 is 1.25 bits per heavy atom. The fraction of sp³-hybridized carbons (Fsp3) is 0.105. The molecule has 2 aliphatic rings. The van der Waals surface area contributed by atoms with E-state index in [9.17, 15) is 0 Å². The summed E-state index contributed by atoms with van der Waals surface area (Å²) in [5.74, 6) is 0.350. The second kappa shape index (κ2) is 16.1. The Hall–Kier alpha value is -7.03. The van der Waals surface area contributed by atoms with E-state index < -0.39 is 0 Å². The number of rotatable bonds is 9. The molecule has 284 valence electrons. The monoisotopic (exact) mass is 759 g/mol. The van der Waals surface area contributed by atoms with Crippen molar-refractivity contribution in [2.24, 2.45) is 10.9 Å². The molecule has 1 aliphatic heterocycles. The van der Waals surface area contributed by atoms with E-state index in [1.165, 1.54) is 61.0 Å². The summed E-state index contributed by atoms with van der Waals surface area (Å²) in [5.41, 5.74) is 17.6. The van der Waals surface area contributed by atoms with Crippen LogP contribution in [0.15, 0.2) is 221 Å². The van der Waals surface area contributed by atoms with E-state index in [2.05, 4.69) is 213 Å². The maximum absolute atomic E-state index is 6.78. The van der Waals surface area contributed by atoms with Crippen LogP contribution in [0, 0.1) is 5.92 Å². The Labute approximate surface area is 346 Å². The largest absolute Gasteiger partial charge is 0.456 e. The summed E-state index contributed by atoms with van der Waals surface area (Å²) in [7, 11) is 0. The van der Waals surface area contributed by atoms with Gasteiger partial charge in [0.1, 0.15) is 11.2 Å². The number of furan rings is 1. The molecular formula is C57H45NO. The average molecular weight is 760 g/mol. The van der Waals surface area contributed by atoms with Crippen molar-refractivity contribution in [3.63, 3.8) is 0 Å². The molecule has 0 fully saturated rings. The molecule has 7 aromatic carbocycles. The Morgan fingerprint density at radius 1 is 0.593 bits per heavy atom. The summed E-state index contributed by atoms with van der Waals surface area (Å²) in [6.07, 6.45) is 13.7. The Bertz CT molecular complexity index is 2890. The zero-order valence-electron chi connectivity index (χ0n) is 33.3. The molecule has 2 heteroatoms. The molecule has 0 bridgehead atoms. The summed E-state index contributed by atoms with van der Waals surface area (Å²) >= 11 is 0. The first kappa shape index (κ1) is 36.3. The molecule has 10 rings (SSSR count). The molecule has 59 heavy (non-hydrogen) atoms. The van der Waals surface area contributed by atoms with Crippen LogP contribution in [-0.4, -0.2) is 5.71 Å². The lowest BCUT2D eigenvalue weighted by molar-refractivity contribution is 0.667. The van der Waals surface area contributed by atoms with Gasteiger partial charge in [-0.3, -0.25) is 4.99 Å². The maximum Gasteiger partial charge on any atom is 0.136 e. The molecule has 2 unspecified atom stereocenters. The van der Waals surface area contributed by atoms with Crippen LogP contribution in [0.2, 0.25) is 0 Å². The van der Waals surface area contributed by atoms with E-state index in [0.717, 1.165) is 52.8 Å². The van der Waals surface area contributed by atoms with Gasteiger partial charge in [0.2, 0.25) is 0 Å². The van der Waals surface area contributed by atoms with Crippen molar-refractivity contribution in [3.05, 3.63) is 240 Å². The normalized spacial score (nSPS) is 15.9. The third-order valence-corrected chi connectivity index (χ3v) is 12.1. The van der Waals surface area contributed by atoms with Gasteiger partial charge in [-0.2, -0.15) is 0 Å². The van der Waals surface area contributed by atoms with Crippen molar-refractivity contribution in [2.75, 3.05) is 0 Å². The smallest absolute Gasteiger partial charge is 0.136 e. The summed E-state index contributed by atoms with van der Waals surface area (Å²) in [5, 5.41) is 2.31. The molecular weight excluding hydrogens is 715 g/mol. The predicted molar refractivity (Wildman–Crippen MR) is 248 cm³/mol. The summed E-state index contributed by atoms with van der Waals surface area (Å²) in [6, 6.07) is 63.6. The van der Waals surface area contributed by atoms with Crippen molar-refractivity contribution in [2.45, 2.75) is 32.1 Å². The highest BCUT2D eigenvalue weighted by Gasteiger charge is 2.25. The molecule has 0 N–H and O–H groups in total. The number of allylic oxidation sites excluding steroid dienone is 7. The van der Waals surface area contributed by atoms with E-state index in [1.807, 2.05) is 0 Å².